The summed E-state index contributed by atoms with van der Waals surface area (Å²) in [6.07, 6.45) is 3.43. The van der Waals surface area contributed by atoms with Crippen LogP contribution in [0.25, 0.3) is 11.3 Å². The fourth-order valence-corrected chi connectivity index (χ4v) is 2.75. The molecule has 2 aromatic heterocycles. The van der Waals surface area contributed by atoms with Crippen molar-refractivity contribution in [1.29, 1.82) is 0 Å². The van der Waals surface area contributed by atoms with Crippen molar-refractivity contribution in [2.24, 2.45) is 0 Å². The van der Waals surface area contributed by atoms with Gasteiger partial charge in [0.2, 0.25) is 0 Å². The number of anilines is 1. The standard InChI is InChI=1S/C17H15N3O3S/c1-22-14-6-2-3-7-15(14)23-10-16(21)20-17-19-13(11-24-17)12-5-4-8-18-9-12/h2-9,11H,10H2,1H3,(H,19,20,21). The van der Waals surface area contributed by atoms with Crippen LogP contribution in [0.3, 0.4) is 0 Å². The number of ether oxygens (including phenoxy) is 2. The Morgan fingerprint density at radius 1 is 1.21 bits per heavy atom. The molecule has 0 saturated heterocycles. The molecule has 0 bridgehead atoms. The lowest BCUT2D eigenvalue weighted by molar-refractivity contribution is -0.118. The van der Waals surface area contributed by atoms with Gasteiger partial charge in [0.15, 0.2) is 23.2 Å². The van der Waals surface area contributed by atoms with Gasteiger partial charge in [0.05, 0.1) is 12.8 Å². The summed E-state index contributed by atoms with van der Waals surface area (Å²) in [6.45, 7) is -0.123. The number of carbonyl (C=O) groups is 1. The summed E-state index contributed by atoms with van der Waals surface area (Å²) in [6, 6.07) is 10.9. The molecule has 0 saturated carbocycles. The van der Waals surface area contributed by atoms with Crippen LogP contribution in [0.2, 0.25) is 0 Å². The molecule has 0 atom stereocenters. The minimum Gasteiger partial charge on any atom is -0.493 e. The maximum atomic E-state index is 12.0. The van der Waals surface area contributed by atoms with Gasteiger partial charge in [-0.15, -0.1) is 11.3 Å². The summed E-state index contributed by atoms with van der Waals surface area (Å²) in [5.74, 6) is 0.816. The van der Waals surface area contributed by atoms with Gasteiger partial charge in [-0.1, -0.05) is 12.1 Å². The molecule has 0 aliphatic rings. The smallest absolute Gasteiger partial charge is 0.264 e. The zero-order valence-corrected chi connectivity index (χ0v) is 13.7. The van der Waals surface area contributed by atoms with Crippen molar-refractivity contribution >= 4 is 22.4 Å². The van der Waals surface area contributed by atoms with Crippen LogP contribution in [0.5, 0.6) is 11.5 Å². The predicted octanol–water partition coefficient (Wildman–Crippen LogP) is 3.23. The van der Waals surface area contributed by atoms with Crippen molar-refractivity contribution in [2.75, 3.05) is 19.0 Å². The number of hydrogen-bond donors (Lipinski definition) is 1. The molecule has 2 heterocycles. The number of methoxy groups -OCH3 is 1. The van der Waals surface area contributed by atoms with Crippen molar-refractivity contribution < 1.29 is 14.3 Å². The van der Waals surface area contributed by atoms with Crippen LogP contribution in [0, 0.1) is 0 Å². The van der Waals surface area contributed by atoms with Gasteiger partial charge in [-0.2, -0.15) is 0 Å². The van der Waals surface area contributed by atoms with Crippen molar-refractivity contribution in [3.05, 3.63) is 54.2 Å². The molecule has 0 fully saturated rings. The molecule has 6 nitrogen and oxygen atoms in total. The molecule has 3 rings (SSSR count). The number of rotatable bonds is 6. The Labute approximate surface area is 143 Å². The summed E-state index contributed by atoms with van der Waals surface area (Å²) in [7, 11) is 1.55. The minimum absolute atomic E-state index is 0.123. The minimum atomic E-state index is -0.284. The van der Waals surface area contributed by atoms with Crippen molar-refractivity contribution in [3.63, 3.8) is 0 Å². The number of hydrogen-bond acceptors (Lipinski definition) is 6. The predicted molar refractivity (Wildman–Crippen MR) is 92.5 cm³/mol. The van der Waals surface area contributed by atoms with E-state index in [2.05, 4.69) is 15.3 Å². The molecule has 0 spiro atoms. The van der Waals surface area contributed by atoms with E-state index in [1.54, 1.807) is 31.6 Å². The number of amides is 1. The third-order valence-corrected chi connectivity index (χ3v) is 3.89. The second kappa shape index (κ2) is 7.56. The Hall–Kier alpha value is -2.93. The lowest BCUT2D eigenvalue weighted by atomic mass is 10.2. The van der Waals surface area contributed by atoms with Crippen molar-refractivity contribution in [3.8, 4) is 22.8 Å². The number of aromatic nitrogens is 2. The Bertz CT molecular complexity index is 821. The first kappa shape index (κ1) is 15.9. The van der Waals surface area contributed by atoms with Gasteiger partial charge in [0.25, 0.3) is 5.91 Å². The summed E-state index contributed by atoms with van der Waals surface area (Å²) >= 11 is 1.35. The van der Waals surface area contributed by atoms with Crippen LogP contribution < -0.4 is 14.8 Å². The number of para-hydroxylation sites is 2. The van der Waals surface area contributed by atoms with E-state index in [9.17, 15) is 4.79 Å². The van der Waals surface area contributed by atoms with Gasteiger partial charge in [-0.3, -0.25) is 15.1 Å². The third kappa shape index (κ3) is 3.88. The van der Waals surface area contributed by atoms with E-state index >= 15 is 0 Å². The van der Waals surface area contributed by atoms with E-state index in [4.69, 9.17) is 9.47 Å². The summed E-state index contributed by atoms with van der Waals surface area (Å²) in [5.41, 5.74) is 1.67. The number of carbonyl (C=O) groups excluding carboxylic acids is 1. The van der Waals surface area contributed by atoms with Gasteiger partial charge >= 0.3 is 0 Å². The Morgan fingerprint density at radius 2 is 2.04 bits per heavy atom. The van der Waals surface area contributed by atoms with Gasteiger partial charge in [0, 0.05) is 23.3 Å². The molecule has 0 radical (unpaired) electrons. The highest BCUT2D eigenvalue weighted by Crippen LogP contribution is 2.26. The molecule has 1 N–H and O–H groups in total. The molecule has 7 heteroatoms. The second-order valence-electron chi connectivity index (χ2n) is 4.77. The summed E-state index contributed by atoms with van der Waals surface area (Å²) in [5, 5.41) is 5.11. The zero-order valence-electron chi connectivity index (χ0n) is 12.9. The average molecular weight is 341 g/mol. The van der Waals surface area contributed by atoms with Crippen molar-refractivity contribution in [2.45, 2.75) is 0 Å². The Kier molecular flexibility index (Phi) is 5.02. The van der Waals surface area contributed by atoms with E-state index in [1.807, 2.05) is 29.6 Å². The van der Waals surface area contributed by atoms with E-state index in [0.717, 1.165) is 11.3 Å². The lowest BCUT2D eigenvalue weighted by Crippen LogP contribution is -2.20. The second-order valence-corrected chi connectivity index (χ2v) is 5.63. The highest BCUT2D eigenvalue weighted by atomic mass is 32.1. The molecule has 0 aliphatic carbocycles. The highest BCUT2D eigenvalue weighted by Gasteiger charge is 2.10. The number of nitrogens with zero attached hydrogens (tertiary/aromatic N) is 2. The maximum absolute atomic E-state index is 12.0. The van der Waals surface area contributed by atoms with Crippen LogP contribution in [-0.2, 0) is 4.79 Å². The van der Waals surface area contributed by atoms with Crippen LogP contribution in [-0.4, -0.2) is 29.6 Å². The summed E-state index contributed by atoms with van der Waals surface area (Å²) < 4.78 is 10.7. The molecule has 0 aliphatic heterocycles. The maximum Gasteiger partial charge on any atom is 0.264 e. The fourth-order valence-electron chi connectivity index (χ4n) is 2.01. The molecule has 1 amide bonds. The first-order valence-corrected chi connectivity index (χ1v) is 8.06. The number of benzene rings is 1. The van der Waals surface area contributed by atoms with E-state index < -0.39 is 0 Å². The largest absolute Gasteiger partial charge is 0.493 e. The molecule has 122 valence electrons. The van der Waals surface area contributed by atoms with Crippen molar-refractivity contribution in [1.82, 2.24) is 9.97 Å². The Balaban J connectivity index is 1.58. The highest BCUT2D eigenvalue weighted by molar-refractivity contribution is 7.14. The molecular weight excluding hydrogens is 326 g/mol. The molecular formula is C17H15N3O3S. The van der Waals surface area contributed by atoms with Gasteiger partial charge in [-0.05, 0) is 24.3 Å². The number of nitrogens with one attached hydrogen (secondary N) is 1. The van der Waals surface area contributed by atoms with Gasteiger partial charge < -0.3 is 9.47 Å². The first-order valence-electron chi connectivity index (χ1n) is 7.18. The quantitative estimate of drug-likeness (QED) is 0.745. The van der Waals surface area contributed by atoms with Crippen LogP contribution in [0.1, 0.15) is 0 Å². The van der Waals surface area contributed by atoms with Crippen LogP contribution >= 0.6 is 11.3 Å². The number of pyridine rings is 1. The monoisotopic (exact) mass is 341 g/mol. The van der Waals surface area contributed by atoms with Crippen LogP contribution in [0.15, 0.2) is 54.2 Å². The number of thiazole rings is 1. The van der Waals surface area contributed by atoms with E-state index in [0.29, 0.717) is 16.6 Å². The normalized spacial score (nSPS) is 10.2. The van der Waals surface area contributed by atoms with Gasteiger partial charge in [0.1, 0.15) is 0 Å². The molecule has 24 heavy (non-hydrogen) atoms. The van der Waals surface area contributed by atoms with E-state index in [-0.39, 0.29) is 12.5 Å². The molecule has 1 aromatic carbocycles. The first-order chi connectivity index (χ1) is 11.8. The average Bonchev–Trinajstić information content (AvgIpc) is 3.09. The molecule has 3 aromatic rings. The third-order valence-electron chi connectivity index (χ3n) is 3.14. The zero-order chi connectivity index (χ0) is 16.8. The topological polar surface area (TPSA) is 73.3 Å². The lowest BCUT2D eigenvalue weighted by Gasteiger charge is -2.09. The Morgan fingerprint density at radius 3 is 2.79 bits per heavy atom. The summed E-state index contributed by atoms with van der Waals surface area (Å²) in [4.78, 5) is 20.4. The van der Waals surface area contributed by atoms with Crippen LogP contribution in [0.4, 0.5) is 5.13 Å². The SMILES string of the molecule is COc1ccccc1OCC(=O)Nc1nc(-c2cccnc2)cs1. The fraction of sp³-hybridized carbons (Fsp3) is 0.118. The molecule has 0 unspecified atom stereocenters. The van der Waals surface area contributed by atoms with E-state index in [1.165, 1.54) is 11.3 Å². The van der Waals surface area contributed by atoms with Gasteiger partial charge in [-0.25, -0.2) is 4.98 Å².